The van der Waals surface area contributed by atoms with E-state index in [2.05, 4.69) is 30.5 Å². The Morgan fingerprint density at radius 3 is 2.65 bits per heavy atom. The van der Waals surface area contributed by atoms with Crippen molar-refractivity contribution in [3.63, 3.8) is 0 Å². The molecule has 1 aromatic heterocycles. The summed E-state index contributed by atoms with van der Waals surface area (Å²) in [6, 6.07) is 8.22. The van der Waals surface area contributed by atoms with E-state index in [9.17, 15) is 9.59 Å². The Labute approximate surface area is 154 Å². The number of benzene rings is 1. The monoisotopic (exact) mass is 356 g/mol. The van der Waals surface area contributed by atoms with Crippen LogP contribution < -0.4 is 5.48 Å². The molecule has 1 heterocycles. The molecule has 5 nitrogen and oxygen atoms in total. The lowest BCUT2D eigenvalue weighted by Crippen LogP contribution is -2.28. The van der Waals surface area contributed by atoms with E-state index in [1.165, 1.54) is 5.69 Å². The summed E-state index contributed by atoms with van der Waals surface area (Å²) in [5.74, 6) is -0.0579. The summed E-state index contributed by atoms with van der Waals surface area (Å²) >= 11 is 0. The molecule has 1 amide bonds. The van der Waals surface area contributed by atoms with Gasteiger partial charge in [0.1, 0.15) is 0 Å². The molecular weight excluding hydrogens is 328 g/mol. The molecule has 26 heavy (non-hydrogen) atoms. The van der Waals surface area contributed by atoms with Crippen LogP contribution in [-0.4, -0.2) is 21.5 Å². The minimum Gasteiger partial charge on any atom is -0.344 e. The lowest BCUT2D eigenvalue weighted by molar-refractivity contribution is -0.129. The molecule has 3 rings (SSSR count). The molecule has 2 N–H and O–H groups in total. The van der Waals surface area contributed by atoms with Crippen LogP contribution >= 0.6 is 0 Å². The van der Waals surface area contributed by atoms with Crippen LogP contribution in [0.2, 0.25) is 0 Å². The number of hydroxylamine groups is 1. The maximum absolute atomic E-state index is 12.8. The van der Waals surface area contributed by atoms with Crippen LogP contribution in [0.5, 0.6) is 0 Å². The molecule has 0 unspecified atom stereocenters. The molecule has 2 aromatic rings. The second-order valence-corrected chi connectivity index (χ2v) is 8.13. The topological polar surface area (TPSA) is 71.3 Å². The standard InChI is InChI=1S/C21H28N2O3/c1-21(2)13-17-20(18(24)14-21)15-9-6-7-10-16(15)23(17)12-8-4-3-5-11-19(25)22-26/h6-7,9-10,26H,3-5,8,11-14H2,1-2H3,(H,22,25). The fraction of sp³-hybridized carbons (Fsp3) is 0.524. The zero-order chi connectivity index (χ0) is 18.7. The van der Waals surface area contributed by atoms with Crippen LogP contribution in [0.4, 0.5) is 0 Å². The van der Waals surface area contributed by atoms with Gasteiger partial charge in [0.05, 0.1) is 0 Å². The van der Waals surface area contributed by atoms with Gasteiger partial charge in [-0.2, -0.15) is 0 Å². The Hall–Kier alpha value is -2.14. The van der Waals surface area contributed by atoms with Gasteiger partial charge >= 0.3 is 0 Å². The number of carbonyl (C=O) groups is 2. The van der Waals surface area contributed by atoms with Crippen LogP contribution in [0.3, 0.4) is 0 Å². The molecule has 1 aliphatic carbocycles. The zero-order valence-corrected chi connectivity index (χ0v) is 15.7. The van der Waals surface area contributed by atoms with Gasteiger partial charge in [-0.05, 0) is 30.7 Å². The number of ketones is 1. The number of Topliss-reactive ketones (excluding diaryl/α,β-unsaturated/α-hetero) is 1. The van der Waals surface area contributed by atoms with Gasteiger partial charge in [-0.1, -0.05) is 44.9 Å². The molecule has 0 spiro atoms. The first-order valence-electron chi connectivity index (χ1n) is 9.49. The number of nitrogens with zero attached hydrogens (tertiary/aromatic N) is 1. The Morgan fingerprint density at radius 2 is 1.88 bits per heavy atom. The third-order valence-electron chi connectivity index (χ3n) is 5.30. The van der Waals surface area contributed by atoms with Crippen molar-refractivity contribution in [2.75, 3.05) is 0 Å². The van der Waals surface area contributed by atoms with Gasteiger partial charge in [0.2, 0.25) is 5.91 Å². The second-order valence-electron chi connectivity index (χ2n) is 8.13. The Bertz CT molecular complexity index is 820. The summed E-state index contributed by atoms with van der Waals surface area (Å²) < 4.78 is 2.34. The summed E-state index contributed by atoms with van der Waals surface area (Å²) in [5.41, 5.74) is 4.95. The molecule has 0 saturated heterocycles. The quantitative estimate of drug-likeness (QED) is 0.442. The smallest absolute Gasteiger partial charge is 0.243 e. The maximum atomic E-state index is 12.8. The van der Waals surface area contributed by atoms with Crippen molar-refractivity contribution in [3.05, 3.63) is 35.5 Å². The lowest BCUT2D eigenvalue weighted by Gasteiger charge is -2.29. The van der Waals surface area contributed by atoms with E-state index < -0.39 is 0 Å². The molecule has 0 saturated carbocycles. The van der Waals surface area contributed by atoms with Crippen LogP contribution in [0, 0.1) is 5.41 Å². The number of fused-ring (bicyclic) bond motifs is 3. The van der Waals surface area contributed by atoms with Gasteiger partial charge in [-0.15, -0.1) is 0 Å². The van der Waals surface area contributed by atoms with Crippen molar-refractivity contribution in [2.45, 2.75) is 65.3 Å². The van der Waals surface area contributed by atoms with Crippen LogP contribution in [-0.2, 0) is 17.8 Å². The molecule has 5 heteroatoms. The van der Waals surface area contributed by atoms with E-state index in [0.29, 0.717) is 12.8 Å². The van der Waals surface area contributed by atoms with Gasteiger partial charge in [0.25, 0.3) is 0 Å². The van der Waals surface area contributed by atoms with Gasteiger partial charge in [-0.3, -0.25) is 14.8 Å². The third-order valence-corrected chi connectivity index (χ3v) is 5.30. The molecule has 0 bridgehead atoms. The molecule has 0 radical (unpaired) electrons. The van der Waals surface area contributed by atoms with Crippen molar-refractivity contribution < 1.29 is 14.8 Å². The number of aromatic nitrogens is 1. The summed E-state index contributed by atoms with van der Waals surface area (Å²) in [6.07, 6.45) is 5.68. The molecule has 1 aromatic carbocycles. The molecule has 0 fully saturated rings. The van der Waals surface area contributed by atoms with E-state index in [1.807, 2.05) is 12.1 Å². The van der Waals surface area contributed by atoms with E-state index in [4.69, 9.17) is 5.21 Å². The number of aryl methyl sites for hydroxylation is 1. The number of nitrogens with one attached hydrogen (secondary N) is 1. The highest BCUT2D eigenvalue weighted by Gasteiger charge is 2.35. The van der Waals surface area contributed by atoms with Crippen molar-refractivity contribution in [1.82, 2.24) is 10.0 Å². The first-order valence-corrected chi connectivity index (χ1v) is 9.49. The van der Waals surface area contributed by atoms with E-state index >= 15 is 0 Å². The van der Waals surface area contributed by atoms with Gasteiger partial charge in [0, 0.05) is 41.5 Å². The third kappa shape index (κ3) is 3.83. The number of carbonyl (C=O) groups excluding carboxylic acids is 2. The first-order chi connectivity index (χ1) is 12.4. The minimum absolute atomic E-state index is 0.00780. The lowest BCUT2D eigenvalue weighted by atomic mass is 9.75. The minimum atomic E-state index is -0.323. The number of hydrogen-bond donors (Lipinski definition) is 2. The Balaban J connectivity index is 1.74. The van der Waals surface area contributed by atoms with E-state index in [1.54, 1.807) is 5.48 Å². The van der Waals surface area contributed by atoms with E-state index in [0.717, 1.165) is 55.1 Å². The normalized spacial score (nSPS) is 15.9. The highest BCUT2D eigenvalue weighted by atomic mass is 16.5. The van der Waals surface area contributed by atoms with Gasteiger partial charge in [-0.25, -0.2) is 5.48 Å². The fourth-order valence-corrected chi connectivity index (χ4v) is 4.11. The summed E-state index contributed by atoms with van der Waals surface area (Å²) in [6.45, 7) is 5.23. The summed E-state index contributed by atoms with van der Waals surface area (Å²) in [4.78, 5) is 23.8. The van der Waals surface area contributed by atoms with Gasteiger partial charge in [0.15, 0.2) is 5.78 Å². The molecule has 0 aliphatic heterocycles. The zero-order valence-electron chi connectivity index (χ0n) is 15.7. The van der Waals surface area contributed by atoms with Crippen LogP contribution in [0.1, 0.15) is 68.4 Å². The number of amides is 1. The second kappa shape index (κ2) is 7.62. The molecule has 1 aliphatic rings. The average molecular weight is 356 g/mol. The fourth-order valence-electron chi connectivity index (χ4n) is 4.11. The van der Waals surface area contributed by atoms with Crippen molar-refractivity contribution in [2.24, 2.45) is 5.41 Å². The van der Waals surface area contributed by atoms with Crippen LogP contribution in [0.15, 0.2) is 24.3 Å². The number of para-hydroxylation sites is 1. The Morgan fingerprint density at radius 1 is 1.15 bits per heavy atom. The molecule has 140 valence electrons. The summed E-state index contributed by atoms with van der Waals surface area (Å²) in [5, 5.41) is 9.59. The van der Waals surface area contributed by atoms with E-state index in [-0.39, 0.29) is 17.1 Å². The maximum Gasteiger partial charge on any atom is 0.243 e. The Kier molecular flexibility index (Phi) is 5.47. The van der Waals surface area contributed by atoms with Crippen molar-refractivity contribution in [1.29, 1.82) is 0 Å². The predicted molar refractivity (Wildman–Crippen MR) is 101 cm³/mol. The number of hydrogen-bond acceptors (Lipinski definition) is 3. The first kappa shape index (κ1) is 18.6. The van der Waals surface area contributed by atoms with Gasteiger partial charge < -0.3 is 4.57 Å². The predicted octanol–water partition coefficient (Wildman–Crippen LogP) is 4.25. The number of rotatable bonds is 7. The molecular formula is C21H28N2O3. The number of unbranched alkanes of at least 4 members (excludes halogenated alkanes) is 3. The summed E-state index contributed by atoms with van der Waals surface area (Å²) in [7, 11) is 0. The molecule has 0 atom stereocenters. The largest absolute Gasteiger partial charge is 0.344 e. The average Bonchev–Trinajstić information content (AvgIpc) is 2.90. The van der Waals surface area contributed by atoms with Crippen molar-refractivity contribution in [3.8, 4) is 0 Å². The van der Waals surface area contributed by atoms with Crippen LogP contribution in [0.25, 0.3) is 10.9 Å². The highest BCUT2D eigenvalue weighted by molar-refractivity contribution is 6.10. The van der Waals surface area contributed by atoms with Crippen molar-refractivity contribution >= 4 is 22.6 Å². The SMILES string of the molecule is CC1(C)CC(=O)c2c(n(CCCCCCC(=O)NO)c3ccccc23)C1. The highest BCUT2D eigenvalue weighted by Crippen LogP contribution is 2.39.